The van der Waals surface area contributed by atoms with Crippen LogP contribution in [-0.4, -0.2) is 5.78 Å². The van der Waals surface area contributed by atoms with Gasteiger partial charge in [-0.25, -0.2) is 0 Å². The predicted octanol–water partition coefficient (Wildman–Crippen LogP) is 4.93. The zero-order valence-corrected chi connectivity index (χ0v) is 11.9. The van der Waals surface area contributed by atoms with Crippen LogP contribution in [0.4, 0.5) is 0 Å². The first kappa shape index (κ1) is 14.3. The molecule has 2 aromatic rings. The zero-order valence-electron chi connectivity index (χ0n) is 11.9. The summed E-state index contributed by atoms with van der Waals surface area (Å²) in [5, 5.41) is 0. The van der Waals surface area contributed by atoms with Crippen molar-refractivity contribution in [3.05, 3.63) is 77.4 Å². The molecule has 0 aromatic heterocycles. The molecule has 0 amide bonds. The van der Waals surface area contributed by atoms with Crippen molar-refractivity contribution in [3.8, 4) is 0 Å². The number of aryl methyl sites for hydroxylation is 1. The van der Waals surface area contributed by atoms with E-state index >= 15 is 0 Å². The molecular weight excluding hydrogens is 244 g/mol. The summed E-state index contributed by atoms with van der Waals surface area (Å²) in [7, 11) is 0. The fraction of sp³-hybridized carbons (Fsp3) is 0.211. The Hall–Kier alpha value is -2.15. The molecule has 0 heterocycles. The van der Waals surface area contributed by atoms with Gasteiger partial charge in [-0.15, -0.1) is 0 Å². The number of hydrogen-bond donors (Lipinski definition) is 0. The Balaban J connectivity index is 2.00. The molecule has 0 atom stereocenters. The van der Waals surface area contributed by atoms with Crippen LogP contribution in [0.5, 0.6) is 0 Å². The lowest BCUT2D eigenvalue weighted by molar-refractivity contribution is 0.104. The van der Waals surface area contributed by atoms with Crippen LogP contribution in [0.15, 0.2) is 60.7 Å². The molecular formula is C19H20O. The van der Waals surface area contributed by atoms with E-state index in [0.29, 0.717) is 0 Å². The Bertz CT molecular complexity index is 564. The Morgan fingerprint density at radius 2 is 1.70 bits per heavy atom. The summed E-state index contributed by atoms with van der Waals surface area (Å²) in [4.78, 5) is 12.1. The van der Waals surface area contributed by atoms with Gasteiger partial charge in [0.1, 0.15) is 0 Å². The fourth-order valence-electron chi connectivity index (χ4n) is 2.05. The molecule has 2 rings (SSSR count). The average Bonchev–Trinajstić information content (AvgIpc) is 2.52. The molecule has 0 aliphatic rings. The summed E-state index contributed by atoms with van der Waals surface area (Å²) in [6, 6.07) is 17.8. The Morgan fingerprint density at radius 3 is 2.35 bits per heavy atom. The number of carbonyl (C=O) groups is 1. The second kappa shape index (κ2) is 7.44. The molecule has 0 unspecified atom stereocenters. The molecule has 0 fully saturated rings. The highest BCUT2D eigenvalue weighted by molar-refractivity contribution is 6.06. The van der Waals surface area contributed by atoms with E-state index in [9.17, 15) is 4.79 Å². The molecule has 0 saturated heterocycles. The van der Waals surface area contributed by atoms with Gasteiger partial charge in [-0.1, -0.05) is 74.0 Å². The van der Waals surface area contributed by atoms with Crippen molar-refractivity contribution in [2.75, 3.05) is 0 Å². The summed E-state index contributed by atoms with van der Waals surface area (Å²) < 4.78 is 0. The van der Waals surface area contributed by atoms with Gasteiger partial charge in [-0.05, 0) is 30.0 Å². The molecule has 1 nitrogen and oxygen atoms in total. The van der Waals surface area contributed by atoms with Crippen molar-refractivity contribution in [2.24, 2.45) is 0 Å². The van der Waals surface area contributed by atoms with Crippen molar-refractivity contribution in [1.82, 2.24) is 0 Å². The number of ketones is 1. The fourth-order valence-corrected chi connectivity index (χ4v) is 2.05. The lowest BCUT2D eigenvalue weighted by Gasteiger charge is -2.01. The SMILES string of the molecule is CCCCc1ccc(C(=O)/C=C/c2ccccc2)cc1. The molecule has 102 valence electrons. The lowest BCUT2D eigenvalue weighted by atomic mass is 10.0. The second-order valence-corrected chi connectivity index (χ2v) is 4.91. The standard InChI is InChI=1S/C19H20O/c1-2-3-7-17-10-13-18(14-11-17)19(20)15-12-16-8-5-4-6-9-16/h4-6,8-15H,2-3,7H2,1H3/b15-12+. The number of allylic oxidation sites excluding steroid dienone is 1. The van der Waals surface area contributed by atoms with Crippen LogP contribution in [0.2, 0.25) is 0 Å². The van der Waals surface area contributed by atoms with E-state index in [1.165, 1.54) is 18.4 Å². The molecule has 0 N–H and O–H groups in total. The van der Waals surface area contributed by atoms with Gasteiger partial charge < -0.3 is 0 Å². The molecule has 0 spiro atoms. The summed E-state index contributed by atoms with van der Waals surface area (Å²) >= 11 is 0. The number of unbranched alkanes of at least 4 members (excludes halogenated alkanes) is 1. The van der Waals surface area contributed by atoms with Crippen LogP contribution in [-0.2, 0) is 6.42 Å². The van der Waals surface area contributed by atoms with Crippen LogP contribution in [0.1, 0.15) is 41.3 Å². The van der Waals surface area contributed by atoms with E-state index in [1.807, 2.05) is 48.5 Å². The van der Waals surface area contributed by atoms with E-state index in [4.69, 9.17) is 0 Å². The highest BCUT2D eigenvalue weighted by Crippen LogP contribution is 2.10. The number of carbonyl (C=O) groups excluding carboxylic acids is 1. The first-order chi connectivity index (χ1) is 9.79. The van der Waals surface area contributed by atoms with Crippen LogP contribution in [0.25, 0.3) is 6.08 Å². The number of hydrogen-bond acceptors (Lipinski definition) is 1. The van der Waals surface area contributed by atoms with Crippen molar-refractivity contribution >= 4 is 11.9 Å². The molecule has 0 saturated carbocycles. The maximum atomic E-state index is 12.1. The van der Waals surface area contributed by atoms with Crippen LogP contribution in [0, 0.1) is 0 Å². The highest BCUT2D eigenvalue weighted by Gasteiger charge is 2.01. The van der Waals surface area contributed by atoms with Crippen molar-refractivity contribution < 1.29 is 4.79 Å². The molecule has 0 radical (unpaired) electrons. The van der Waals surface area contributed by atoms with Crippen molar-refractivity contribution in [2.45, 2.75) is 26.2 Å². The second-order valence-electron chi connectivity index (χ2n) is 4.91. The van der Waals surface area contributed by atoms with Crippen LogP contribution < -0.4 is 0 Å². The van der Waals surface area contributed by atoms with Gasteiger partial charge in [0.2, 0.25) is 0 Å². The maximum Gasteiger partial charge on any atom is 0.185 e. The molecule has 2 aromatic carbocycles. The topological polar surface area (TPSA) is 17.1 Å². The van der Waals surface area contributed by atoms with Gasteiger partial charge in [-0.3, -0.25) is 4.79 Å². The highest BCUT2D eigenvalue weighted by atomic mass is 16.1. The summed E-state index contributed by atoms with van der Waals surface area (Å²) in [5.41, 5.74) is 3.09. The van der Waals surface area contributed by atoms with Gasteiger partial charge in [-0.2, -0.15) is 0 Å². The lowest BCUT2D eigenvalue weighted by Crippen LogP contribution is -1.94. The van der Waals surface area contributed by atoms with E-state index in [2.05, 4.69) is 19.1 Å². The largest absolute Gasteiger partial charge is 0.289 e. The maximum absolute atomic E-state index is 12.1. The summed E-state index contributed by atoms with van der Waals surface area (Å²) in [5.74, 6) is 0.0518. The number of benzene rings is 2. The molecule has 0 aliphatic carbocycles. The normalized spacial score (nSPS) is 10.8. The van der Waals surface area contributed by atoms with Crippen molar-refractivity contribution in [3.63, 3.8) is 0 Å². The van der Waals surface area contributed by atoms with Gasteiger partial charge >= 0.3 is 0 Å². The third-order valence-corrected chi connectivity index (χ3v) is 3.28. The van der Waals surface area contributed by atoms with E-state index in [1.54, 1.807) is 6.08 Å². The average molecular weight is 264 g/mol. The van der Waals surface area contributed by atoms with E-state index in [0.717, 1.165) is 17.5 Å². The molecule has 1 heteroatoms. The predicted molar refractivity (Wildman–Crippen MR) is 84.9 cm³/mol. The minimum atomic E-state index is 0.0518. The van der Waals surface area contributed by atoms with Crippen LogP contribution >= 0.6 is 0 Å². The van der Waals surface area contributed by atoms with Gasteiger partial charge in [0.25, 0.3) is 0 Å². The third kappa shape index (κ3) is 4.20. The first-order valence-electron chi connectivity index (χ1n) is 7.16. The summed E-state index contributed by atoms with van der Waals surface area (Å²) in [6.07, 6.45) is 6.97. The van der Waals surface area contributed by atoms with Gasteiger partial charge in [0.05, 0.1) is 0 Å². The Morgan fingerprint density at radius 1 is 1.00 bits per heavy atom. The summed E-state index contributed by atoms with van der Waals surface area (Å²) in [6.45, 7) is 2.19. The van der Waals surface area contributed by atoms with Gasteiger partial charge in [0, 0.05) is 5.56 Å². The molecule has 0 aliphatic heterocycles. The number of rotatable bonds is 6. The quantitative estimate of drug-likeness (QED) is 0.534. The molecule has 0 bridgehead atoms. The first-order valence-corrected chi connectivity index (χ1v) is 7.16. The third-order valence-electron chi connectivity index (χ3n) is 3.28. The minimum absolute atomic E-state index is 0.0518. The smallest absolute Gasteiger partial charge is 0.185 e. The van der Waals surface area contributed by atoms with Crippen LogP contribution in [0.3, 0.4) is 0 Å². The molecule has 20 heavy (non-hydrogen) atoms. The van der Waals surface area contributed by atoms with E-state index < -0.39 is 0 Å². The van der Waals surface area contributed by atoms with Crippen molar-refractivity contribution in [1.29, 1.82) is 0 Å². The Kier molecular flexibility index (Phi) is 5.31. The monoisotopic (exact) mass is 264 g/mol. The minimum Gasteiger partial charge on any atom is -0.289 e. The van der Waals surface area contributed by atoms with E-state index in [-0.39, 0.29) is 5.78 Å². The van der Waals surface area contributed by atoms with Gasteiger partial charge in [0.15, 0.2) is 5.78 Å². The Labute approximate surface area is 121 Å². The zero-order chi connectivity index (χ0) is 14.2.